The third-order valence-electron chi connectivity index (χ3n) is 3.10. The number of hydrogen-bond donors (Lipinski definition) is 1. The number of benzene rings is 1. The summed E-state index contributed by atoms with van der Waals surface area (Å²) in [5.74, 6) is 0.932. The van der Waals surface area contributed by atoms with Crippen LogP contribution in [0.4, 0.5) is 0 Å². The molecule has 0 spiro atoms. The van der Waals surface area contributed by atoms with E-state index in [-0.39, 0.29) is 12.5 Å². The summed E-state index contributed by atoms with van der Waals surface area (Å²) >= 11 is 0. The maximum atomic E-state index is 9.28. The van der Waals surface area contributed by atoms with Crippen LogP contribution in [0.5, 0.6) is 0 Å². The average Bonchev–Trinajstić information content (AvgIpc) is 2.27. The number of aryl methyl sites for hydroxylation is 1. The van der Waals surface area contributed by atoms with Gasteiger partial charge in [0.1, 0.15) is 0 Å². The van der Waals surface area contributed by atoms with Gasteiger partial charge in [-0.25, -0.2) is 0 Å². The molecular formula is C16H26O. The molecule has 0 saturated carbocycles. The third kappa shape index (κ3) is 4.51. The van der Waals surface area contributed by atoms with Crippen LogP contribution in [0, 0.1) is 5.92 Å². The van der Waals surface area contributed by atoms with Crippen LogP contribution in [-0.2, 0) is 12.8 Å². The molecule has 1 aromatic carbocycles. The lowest BCUT2D eigenvalue weighted by Gasteiger charge is -2.14. The first-order chi connectivity index (χ1) is 8.06. The normalized spacial score (nSPS) is 13.1. The van der Waals surface area contributed by atoms with Gasteiger partial charge in [-0.15, -0.1) is 0 Å². The monoisotopic (exact) mass is 234 g/mol. The summed E-state index contributed by atoms with van der Waals surface area (Å²) in [6, 6.07) is 6.85. The molecule has 0 saturated heterocycles. The molecule has 1 rings (SSSR count). The first-order valence-electron chi connectivity index (χ1n) is 6.80. The molecule has 1 atom stereocenters. The number of aliphatic hydroxyl groups is 1. The Morgan fingerprint density at radius 2 is 1.71 bits per heavy atom. The van der Waals surface area contributed by atoms with Gasteiger partial charge in [0.25, 0.3) is 0 Å². The Morgan fingerprint density at radius 1 is 1.06 bits per heavy atom. The predicted molar refractivity (Wildman–Crippen MR) is 74.5 cm³/mol. The zero-order chi connectivity index (χ0) is 12.8. The van der Waals surface area contributed by atoms with Gasteiger partial charge in [0.2, 0.25) is 0 Å². The van der Waals surface area contributed by atoms with Crippen LogP contribution in [0.15, 0.2) is 18.2 Å². The Bertz CT molecular complexity index is 341. The van der Waals surface area contributed by atoms with Crippen molar-refractivity contribution in [2.24, 2.45) is 5.92 Å². The van der Waals surface area contributed by atoms with Gasteiger partial charge in [-0.1, -0.05) is 52.3 Å². The summed E-state index contributed by atoms with van der Waals surface area (Å²) < 4.78 is 0. The van der Waals surface area contributed by atoms with Crippen molar-refractivity contribution in [3.05, 3.63) is 34.9 Å². The van der Waals surface area contributed by atoms with E-state index in [2.05, 4.69) is 45.9 Å². The second kappa shape index (κ2) is 6.80. The minimum Gasteiger partial charge on any atom is -0.396 e. The maximum Gasteiger partial charge on any atom is 0.0497 e. The molecule has 0 bridgehead atoms. The van der Waals surface area contributed by atoms with Crippen molar-refractivity contribution in [3.63, 3.8) is 0 Å². The molecule has 1 aromatic rings. The van der Waals surface area contributed by atoms with E-state index in [1.54, 1.807) is 0 Å². The lowest BCUT2D eigenvalue weighted by atomic mass is 9.92. The van der Waals surface area contributed by atoms with Gasteiger partial charge in [-0.3, -0.25) is 0 Å². The van der Waals surface area contributed by atoms with Crippen molar-refractivity contribution in [2.45, 2.75) is 52.9 Å². The first-order valence-corrected chi connectivity index (χ1v) is 6.80. The van der Waals surface area contributed by atoms with Gasteiger partial charge in [0.05, 0.1) is 0 Å². The summed E-state index contributed by atoms with van der Waals surface area (Å²) in [5, 5.41) is 9.28. The molecule has 0 aliphatic heterocycles. The van der Waals surface area contributed by atoms with Crippen LogP contribution in [0.3, 0.4) is 0 Å². The molecule has 0 heterocycles. The van der Waals surface area contributed by atoms with Gasteiger partial charge >= 0.3 is 0 Å². The number of aliphatic hydroxyl groups excluding tert-OH is 1. The fourth-order valence-corrected chi connectivity index (χ4v) is 2.20. The van der Waals surface area contributed by atoms with Crippen LogP contribution in [-0.4, -0.2) is 11.7 Å². The molecule has 0 aromatic heterocycles. The lowest BCUT2D eigenvalue weighted by molar-refractivity contribution is 0.273. The molecule has 1 nitrogen and oxygen atoms in total. The van der Waals surface area contributed by atoms with Crippen LogP contribution in [0.1, 0.15) is 56.7 Å². The van der Waals surface area contributed by atoms with Gasteiger partial charge in [-0.05, 0) is 35.4 Å². The SMILES string of the molecule is CCCc1cc(CC(C)C)cc(C(C)CO)c1. The zero-order valence-electron chi connectivity index (χ0n) is 11.7. The van der Waals surface area contributed by atoms with Gasteiger partial charge in [-0.2, -0.15) is 0 Å². The van der Waals surface area contributed by atoms with E-state index in [4.69, 9.17) is 0 Å². The summed E-state index contributed by atoms with van der Waals surface area (Å²) in [4.78, 5) is 0. The molecule has 1 unspecified atom stereocenters. The van der Waals surface area contributed by atoms with Crippen LogP contribution < -0.4 is 0 Å². The van der Waals surface area contributed by atoms with Crippen LogP contribution in [0.25, 0.3) is 0 Å². The second-order valence-electron chi connectivity index (χ2n) is 5.51. The molecular weight excluding hydrogens is 208 g/mol. The van der Waals surface area contributed by atoms with Crippen molar-refractivity contribution in [1.29, 1.82) is 0 Å². The highest BCUT2D eigenvalue weighted by Gasteiger charge is 2.08. The Balaban J connectivity index is 3.00. The fraction of sp³-hybridized carbons (Fsp3) is 0.625. The first kappa shape index (κ1) is 14.2. The van der Waals surface area contributed by atoms with Gasteiger partial charge in [0, 0.05) is 12.5 Å². The molecule has 1 heteroatoms. The number of rotatable bonds is 6. The number of hydrogen-bond acceptors (Lipinski definition) is 1. The molecule has 17 heavy (non-hydrogen) atoms. The average molecular weight is 234 g/mol. The standard InChI is InChI=1S/C16H26O/c1-5-6-14-8-15(7-12(2)3)10-16(9-14)13(4)11-17/h8-10,12-13,17H,5-7,11H2,1-4H3. The highest BCUT2D eigenvalue weighted by atomic mass is 16.3. The van der Waals surface area contributed by atoms with E-state index in [9.17, 15) is 5.11 Å². The molecule has 96 valence electrons. The quantitative estimate of drug-likeness (QED) is 0.790. The third-order valence-corrected chi connectivity index (χ3v) is 3.10. The van der Waals surface area contributed by atoms with Gasteiger partial charge < -0.3 is 5.11 Å². The topological polar surface area (TPSA) is 20.2 Å². The van der Waals surface area contributed by atoms with Crippen molar-refractivity contribution in [3.8, 4) is 0 Å². The fourth-order valence-electron chi connectivity index (χ4n) is 2.20. The highest BCUT2D eigenvalue weighted by molar-refractivity contribution is 5.32. The van der Waals surface area contributed by atoms with Crippen LogP contribution >= 0.6 is 0 Å². The van der Waals surface area contributed by atoms with Crippen molar-refractivity contribution < 1.29 is 5.11 Å². The minimum atomic E-state index is 0.233. The molecule has 0 fully saturated rings. The van der Waals surface area contributed by atoms with E-state index < -0.39 is 0 Å². The molecule has 0 amide bonds. The van der Waals surface area contributed by atoms with E-state index in [1.165, 1.54) is 23.1 Å². The van der Waals surface area contributed by atoms with Gasteiger partial charge in [0.15, 0.2) is 0 Å². The zero-order valence-corrected chi connectivity index (χ0v) is 11.7. The Kier molecular flexibility index (Phi) is 5.70. The van der Waals surface area contributed by atoms with Crippen molar-refractivity contribution in [1.82, 2.24) is 0 Å². The summed E-state index contributed by atoms with van der Waals surface area (Å²) in [5.41, 5.74) is 4.12. The minimum absolute atomic E-state index is 0.233. The Labute approximate surface area is 106 Å². The summed E-state index contributed by atoms with van der Waals surface area (Å²) in [7, 11) is 0. The smallest absolute Gasteiger partial charge is 0.0497 e. The largest absolute Gasteiger partial charge is 0.396 e. The lowest BCUT2D eigenvalue weighted by Crippen LogP contribution is -2.03. The molecule has 0 aliphatic rings. The summed E-state index contributed by atoms with van der Waals surface area (Å²) in [6.45, 7) is 9.04. The molecule has 1 N–H and O–H groups in total. The Hall–Kier alpha value is -0.820. The van der Waals surface area contributed by atoms with E-state index in [1.807, 2.05) is 0 Å². The van der Waals surface area contributed by atoms with E-state index in [0.29, 0.717) is 5.92 Å². The van der Waals surface area contributed by atoms with Crippen LogP contribution in [0.2, 0.25) is 0 Å². The Morgan fingerprint density at radius 3 is 2.24 bits per heavy atom. The van der Waals surface area contributed by atoms with E-state index >= 15 is 0 Å². The van der Waals surface area contributed by atoms with Crippen molar-refractivity contribution in [2.75, 3.05) is 6.61 Å². The highest BCUT2D eigenvalue weighted by Crippen LogP contribution is 2.21. The van der Waals surface area contributed by atoms with E-state index in [0.717, 1.165) is 12.8 Å². The van der Waals surface area contributed by atoms with Crippen molar-refractivity contribution >= 4 is 0 Å². The summed E-state index contributed by atoms with van der Waals surface area (Å²) in [6.07, 6.45) is 3.44. The second-order valence-corrected chi connectivity index (χ2v) is 5.51. The maximum absolute atomic E-state index is 9.28. The molecule has 0 radical (unpaired) electrons. The molecule has 0 aliphatic carbocycles. The predicted octanol–water partition coefficient (Wildman–Crippen LogP) is 3.93.